The van der Waals surface area contributed by atoms with Gasteiger partial charge in [-0.2, -0.15) is 5.48 Å². The molecule has 0 aliphatic carbocycles. The highest BCUT2D eigenvalue weighted by Gasteiger charge is 2.15. The molecule has 2 amide bonds. The molecule has 1 aromatic carbocycles. The van der Waals surface area contributed by atoms with E-state index in [9.17, 15) is 19.5 Å². The molecule has 10 heteroatoms. The Kier molecular flexibility index (Phi) is 10.7. The van der Waals surface area contributed by atoms with Gasteiger partial charge in [0.1, 0.15) is 17.6 Å². The Morgan fingerprint density at radius 1 is 1.07 bits per heavy atom. The smallest absolute Gasteiger partial charge is 0.431 e. The molecule has 0 bridgehead atoms. The number of amides is 2. The Labute approximate surface area is 169 Å². The standard InChI is InChI=1S/C19H28N2O8/c1-19(2,3)29-18(25)21-28-11-10-27-9-8-26-7-6-20-17(24)15-12-14(13-22)4-5-16(15)23/h4-5,12-13,23H,6-11H2,1-3H3,(H,20,24)(H,21,25). The molecule has 0 heterocycles. The highest BCUT2D eigenvalue weighted by atomic mass is 16.7. The largest absolute Gasteiger partial charge is 0.507 e. The summed E-state index contributed by atoms with van der Waals surface area (Å²) in [6.45, 7) is 6.74. The minimum absolute atomic E-state index is 0.0259. The van der Waals surface area contributed by atoms with E-state index in [4.69, 9.17) is 19.0 Å². The van der Waals surface area contributed by atoms with Crippen molar-refractivity contribution in [1.29, 1.82) is 0 Å². The van der Waals surface area contributed by atoms with Gasteiger partial charge >= 0.3 is 6.09 Å². The van der Waals surface area contributed by atoms with Crippen LogP contribution < -0.4 is 10.8 Å². The van der Waals surface area contributed by atoms with Crippen molar-refractivity contribution in [3.05, 3.63) is 29.3 Å². The number of benzene rings is 1. The molecule has 1 aromatic rings. The molecule has 0 unspecified atom stereocenters. The van der Waals surface area contributed by atoms with Crippen LogP contribution in [-0.2, 0) is 19.0 Å². The van der Waals surface area contributed by atoms with Crippen LogP contribution in [0.15, 0.2) is 18.2 Å². The molecule has 0 radical (unpaired) electrons. The first-order valence-corrected chi connectivity index (χ1v) is 9.05. The molecule has 29 heavy (non-hydrogen) atoms. The second-order valence-corrected chi connectivity index (χ2v) is 6.83. The summed E-state index contributed by atoms with van der Waals surface area (Å²) < 4.78 is 15.6. The predicted molar refractivity (Wildman–Crippen MR) is 103 cm³/mol. The number of ether oxygens (including phenoxy) is 3. The Morgan fingerprint density at radius 3 is 2.38 bits per heavy atom. The van der Waals surface area contributed by atoms with E-state index in [1.54, 1.807) is 20.8 Å². The Hall–Kier alpha value is -2.69. The molecule has 0 spiro atoms. The van der Waals surface area contributed by atoms with Gasteiger partial charge in [-0.3, -0.25) is 14.4 Å². The fourth-order valence-electron chi connectivity index (χ4n) is 1.97. The number of hydrogen-bond acceptors (Lipinski definition) is 8. The first-order valence-electron chi connectivity index (χ1n) is 9.05. The number of aldehydes is 1. The highest BCUT2D eigenvalue weighted by molar-refractivity contribution is 5.98. The van der Waals surface area contributed by atoms with Gasteiger partial charge in [0.15, 0.2) is 0 Å². The first-order chi connectivity index (χ1) is 13.7. The van der Waals surface area contributed by atoms with Crippen molar-refractivity contribution in [3.63, 3.8) is 0 Å². The summed E-state index contributed by atoms with van der Waals surface area (Å²) in [7, 11) is 0. The molecule has 0 saturated heterocycles. The van der Waals surface area contributed by atoms with Crippen molar-refractivity contribution < 1.29 is 38.5 Å². The summed E-state index contributed by atoms with van der Waals surface area (Å²) in [5.74, 6) is -0.702. The zero-order chi connectivity index (χ0) is 21.7. The van der Waals surface area contributed by atoms with Gasteiger partial charge in [-0.25, -0.2) is 4.79 Å². The molecule has 0 aromatic heterocycles. The van der Waals surface area contributed by atoms with Crippen LogP contribution in [0.3, 0.4) is 0 Å². The Bertz CT molecular complexity index is 673. The van der Waals surface area contributed by atoms with Crippen LogP contribution in [0.1, 0.15) is 41.5 Å². The summed E-state index contributed by atoms with van der Waals surface area (Å²) in [5.41, 5.74) is 1.87. The summed E-state index contributed by atoms with van der Waals surface area (Å²) >= 11 is 0. The van der Waals surface area contributed by atoms with E-state index in [-0.39, 0.29) is 37.7 Å². The lowest BCUT2D eigenvalue weighted by atomic mass is 10.1. The second-order valence-electron chi connectivity index (χ2n) is 6.83. The number of hydrogen-bond donors (Lipinski definition) is 3. The molecule has 0 aliphatic rings. The van der Waals surface area contributed by atoms with Crippen molar-refractivity contribution in [2.24, 2.45) is 0 Å². The molecule has 0 fully saturated rings. The van der Waals surface area contributed by atoms with Gasteiger partial charge in [-0.15, -0.1) is 0 Å². The van der Waals surface area contributed by atoms with Gasteiger partial charge in [0, 0.05) is 12.1 Å². The lowest BCUT2D eigenvalue weighted by molar-refractivity contribution is -0.0325. The third kappa shape index (κ3) is 11.0. The quantitative estimate of drug-likeness (QED) is 0.267. The highest BCUT2D eigenvalue weighted by Crippen LogP contribution is 2.17. The average Bonchev–Trinajstić information content (AvgIpc) is 2.64. The number of hydroxylamine groups is 1. The number of phenols is 1. The fraction of sp³-hybridized carbons (Fsp3) is 0.526. The minimum atomic E-state index is -0.672. The summed E-state index contributed by atoms with van der Waals surface area (Å²) in [5, 5.41) is 12.3. The lowest BCUT2D eigenvalue weighted by Gasteiger charge is -2.19. The van der Waals surface area contributed by atoms with Gasteiger partial charge < -0.3 is 24.6 Å². The molecule has 162 valence electrons. The van der Waals surface area contributed by atoms with Crippen LogP contribution in [0.2, 0.25) is 0 Å². The Balaban J connectivity index is 2.02. The van der Waals surface area contributed by atoms with Crippen LogP contribution in [0.5, 0.6) is 5.75 Å². The summed E-state index contributed by atoms with van der Waals surface area (Å²) in [4.78, 5) is 38.9. The van der Waals surface area contributed by atoms with Crippen molar-refractivity contribution in [2.45, 2.75) is 26.4 Å². The molecule has 0 aliphatic heterocycles. The monoisotopic (exact) mass is 412 g/mol. The number of carbonyl (C=O) groups excluding carboxylic acids is 3. The lowest BCUT2D eigenvalue weighted by Crippen LogP contribution is -2.33. The first kappa shape index (κ1) is 24.3. The number of carbonyl (C=O) groups is 3. The van der Waals surface area contributed by atoms with E-state index in [1.807, 2.05) is 0 Å². The molecule has 0 atom stereocenters. The SMILES string of the molecule is CC(C)(C)OC(=O)NOCCOCCOCCNC(=O)c1cc(C=O)ccc1O. The van der Waals surface area contributed by atoms with Crippen LogP contribution in [0, 0.1) is 0 Å². The average molecular weight is 412 g/mol. The van der Waals surface area contributed by atoms with Crippen molar-refractivity contribution in [1.82, 2.24) is 10.8 Å². The number of nitrogens with one attached hydrogen (secondary N) is 2. The van der Waals surface area contributed by atoms with Crippen molar-refractivity contribution >= 4 is 18.3 Å². The van der Waals surface area contributed by atoms with E-state index in [0.717, 1.165) is 0 Å². The molecule has 3 N–H and O–H groups in total. The van der Waals surface area contributed by atoms with Crippen molar-refractivity contribution in [2.75, 3.05) is 39.6 Å². The fourth-order valence-corrected chi connectivity index (χ4v) is 1.97. The number of phenolic OH excluding ortho intramolecular Hbond substituents is 1. The third-order valence-electron chi connectivity index (χ3n) is 3.19. The molecular weight excluding hydrogens is 384 g/mol. The summed E-state index contributed by atoms with van der Waals surface area (Å²) in [6.07, 6.45) is -0.0769. The van der Waals surface area contributed by atoms with Gasteiger partial charge in [0.2, 0.25) is 0 Å². The minimum Gasteiger partial charge on any atom is -0.507 e. The normalized spacial score (nSPS) is 11.0. The van der Waals surface area contributed by atoms with Gasteiger partial charge in [0.05, 0.1) is 38.6 Å². The third-order valence-corrected chi connectivity index (χ3v) is 3.19. The van der Waals surface area contributed by atoms with Crippen LogP contribution in [0.25, 0.3) is 0 Å². The van der Waals surface area contributed by atoms with Gasteiger partial charge in [-0.1, -0.05) is 0 Å². The molecule has 1 rings (SSSR count). The molecule has 10 nitrogen and oxygen atoms in total. The Morgan fingerprint density at radius 2 is 1.72 bits per heavy atom. The maximum Gasteiger partial charge on any atom is 0.431 e. The summed E-state index contributed by atoms with van der Waals surface area (Å²) in [6, 6.07) is 4.02. The zero-order valence-electron chi connectivity index (χ0n) is 16.9. The number of aromatic hydroxyl groups is 1. The maximum atomic E-state index is 12.0. The van der Waals surface area contributed by atoms with Gasteiger partial charge in [0.25, 0.3) is 5.91 Å². The van der Waals surface area contributed by atoms with Crippen molar-refractivity contribution in [3.8, 4) is 5.75 Å². The van der Waals surface area contributed by atoms with Crippen LogP contribution in [0.4, 0.5) is 4.79 Å². The predicted octanol–water partition coefficient (Wildman–Crippen LogP) is 1.42. The van der Waals surface area contributed by atoms with Crippen LogP contribution in [-0.4, -0.2) is 68.6 Å². The van der Waals surface area contributed by atoms with E-state index in [1.165, 1.54) is 18.2 Å². The number of rotatable bonds is 12. The van der Waals surface area contributed by atoms with E-state index >= 15 is 0 Å². The maximum absolute atomic E-state index is 12.0. The van der Waals surface area contributed by atoms with E-state index in [0.29, 0.717) is 25.1 Å². The van der Waals surface area contributed by atoms with E-state index < -0.39 is 17.6 Å². The van der Waals surface area contributed by atoms with E-state index in [2.05, 4.69) is 10.8 Å². The topological polar surface area (TPSA) is 132 Å². The molecule has 0 saturated carbocycles. The van der Waals surface area contributed by atoms with Crippen LogP contribution >= 0.6 is 0 Å². The molecular formula is C19H28N2O8. The zero-order valence-corrected chi connectivity index (χ0v) is 16.9. The van der Waals surface area contributed by atoms with Gasteiger partial charge in [-0.05, 0) is 39.0 Å². The second kappa shape index (κ2) is 12.7.